The van der Waals surface area contributed by atoms with Crippen LogP contribution in [0.15, 0.2) is 0 Å². The van der Waals surface area contributed by atoms with Crippen molar-refractivity contribution >= 4 is 23.6 Å². The van der Waals surface area contributed by atoms with E-state index in [1.807, 2.05) is 0 Å². The number of likely N-dealkylation sites (N-methyl/N-ethyl adjacent to an activating group) is 1. The standard InChI is InChI=1S/C8H10N2O4/c1-5(11)3-4-10-7(13)6(12)9(2)8(10)14/h3-4H2,1-2H3. The number of nitrogens with zero attached hydrogens (tertiary/aromatic N) is 2. The maximum absolute atomic E-state index is 11.2. The fraction of sp³-hybridized carbons (Fsp3) is 0.500. The van der Waals surface area contributed by atoms with Crippen LogP contribution in [0.3, 0.4) is 0 Å². The quantitative estimate of drug-likeness (QED) is 0.447. The molecule has 0 aromatic heterocycles. The summed E-state index contributed by atoms with van der Waals surface area (Å²) < 4.78 is 0. The Morgan fingerprint density at radius 2 is 1.79 bits per heavy atom. The highest BCUT2D eigenvalue weighted by atomic mass is 16.2. The summed E-state index contributed by atoms with van der Waals surface area (Å²) in [4.78, 5) is 45.5. The summed E-state index contributed by atoms with van der Waals surface area (Å²) in [5, 5.41) is 0. The Kier molecular flexibility index (Phi) is 2.64. The average molecular weight is 198 g/mol. The molecule has 1 saturated heterocycles. The Balaban J connectivity index is 2.71. The van der Waals surface area contributed by atoms with E-state index in [9.17, 15) is 19.2 Å². The van der Waals surface area contributed by atoms with Gasteiger partial charge in [-0.2, -0.15) is 0 Å². The van der Waals surface area contributed by atoms with Gasteiger partial charge in [-0.15, -0.1) is 0 Å². The monoisotopic (exact) mass is 198 g/mol. The molecular formula is C8H10N2O4. The van der Waals surface area contributed by atoms with Crippen LogP contribution in [-0.4, -0.2) is 47.0 Å². The summed E-state index contributed by atoms with van der Waals surface area (Å²) in [5.41, 5.74) is 0. The Labute approximate surface area is 80.5 Å². The first kappa shape index (κ1) is 10.4. The molecule has 6 heteroatoms. The lowest BCUT2D eigenvalue weighted by atomic mass is 10.3. The topological polar surface area (TPSA) is 74.8 Å². The molecule has 0 aromatic carbocycles. The van der Waals surface area contributed by atoms with Crippen LogP contribution in [0.25, 0.3) is 0 Å². The third kappa shape index (κ3) is 1.63. The van der Waals surface area contributed by atoms with E-state index in [0.717, 1.165) is 9.80 Å². The highest BCUT2D eigenvalue weighted by Crippen LogP contribution is 2.09. The maximum atomic E-state index is 11.2. The third-order valence-electron chi connectivity index (χ3n) is 1.94. The van der Waals surface area contributed by atoms with Gasteiger partial charge in [-0.1, -0.05) is 0 Å². The first-order valence-corrected chi connectivity index (χ1v) is 4.08. The number of ketones is 1. The molecule has 0 unspecified atom stereocenters. The largest absolute Gasteiger partial charge is 0.333 e. The Morgan fingerprint density at radius 3 is 2.14 bits per heavy atom. The van der Waals surface area contributed by atoms with Crippen LogP contribution in [0.2, 0.25) is 0 Å². The van der Waals surface area contributed by atoms with E-state index in [1.165, 1.54) is 14.0 Å². The molecule has 4 amide bonds. The van der Waals surface area contributed by atoms with Gasteiger partial charge in [-0.25, -0.2) is 4.79 Å². The molecule has 0 radical (unpaired) electrons. The molecule has 0 bridgehead atoms. The molecule has 14 heavy (non-hydrogen) atoms. The van der Waals surface area contributed by atoms with Gasteiger partial charge >= 0.3 is 17.8 Å². The Bertz CT molecular complexity index is 323. The van der Waals surface area contributed by atoms with Crippen molar-refractivity contribution in [2.75, 3.05) is 13.6 Å². The van der Waals surface area contributed by atoms with Crippen LogP contribution < -0.4 is 0 Å². The molecule has 1 aliphatic rings. The normalized spacial score (nSPS) is 16.9. The molecule has 0 atom stereocenters. The van der Waals surface area contributed by atoms with Gasteiger partial charge in [0.05, 0.1) is 0 Å². The summed E-state index contributed by atoms with van der Waals surface area (Å²) in [6.07, 6.45) is 0.0819. The number of Topliss-reactive ketones (excluding diaryl/α,β-unsaturated/α-hetero) is 1. The molecule has 0 saturated carbocycles. The number of rotatable bonds is 3. The number of hydrogen-bond acceptors (Lipinski definition) is 4. The minimum Gasteiger partial charge on any atom is -0.300 e. The first-order valence-electron chi connectivity index (χ1n) is 4.08. The molecule has 6 nitrogen and oxygen atoms in total. The second-order valence-corrected chi connectivity index (χ2v) is 3.06. The van der Waals surface area contributed by atoms with Gasteiger partial charge in [0.1, 0.15) is 5.78 Å². The fourth-order valence-corrected chi connectivity index (χ4v) is 1.08. The number of amides is 4. The van der Waals surface area contributed by atoms with Gasteiger partial charge in [-0.3, -0.25) is 24.2 Å². The highest BCUT2D eigenvalue weighted by Gasteiger charge is 2.41. The van der Waals surface area contributed by atoms with Gasteiger partial charge in [0.25, 0.3) is 0 Å². The van der Waals surface area contributed by atoms with Crippen LogP contribution >= 0.6 is 0 Å². The molecule has 0 spiro atoms. The van der Waals surface area contributed by atoms with Crippen molar-refractivity contribution in [3.05, 3.63) is 0 Å². The summed E-state index contributed by atoms with van der Waals surface area (Å²) in [7, 11) is 1.23. The van der Waals surface area contributed by atoms with Crippen molar-refractivity contribution < 1.29 is 19.2 Å². The summed E-state index contributed by atoms with van der Waals surface area (Å²) in [5.74, 6) is -1.84. The third-order valence-corrected chi connectivity index (χ3v) is 1.94. The number of carbonyl (C=O) groups is 4. The van der Waals surface area contributed by atoms with Crippen LogP contribution in [0, 0.1) is 0 Å². The van der Waals surface area contributed by atoms with Crippen LogP contribution in [0.5, 0.6) is 0 Å². The summed E-state index contributed by atoms with van der Waals surface area (Å²) in [6.45, 7) is 1.33. The summed E-state index contributed by atoms with van der Waals surface area (Å²) in [6, 6.07) is -0.666. The number of carbonyl (C=O) groups excluding carboxylic acids is 4. The van der Waals surface area contributed by atoms with Gasteiger partial charge < -0.3 is 0 Å². The van der Waals surface area contributed by atoms with Crippen molar-refractivity contribution in [1.29, 1.82) is 0 Å². The molecule has 0 aromatic rings. The molecule has 1 rings (SSSR count). The summed E-state index contributed by atoms with van der Waals surface area (Å²) >= 11 is 0. The second kappa shape index (κ2) is 3.57. The first-order chi connectivity index (χ1) is 6.45. The molecule has 0 N–H and O–H groups in total. The predicted octanol–water partition coefficient (Wildman–Crippen LogP) is -0.614. The van der Waals surface area contributed by atoms with Crippen LogP contribution in [0.4, 0.5) is 4.79 Å². The average Bonchev–Trinajstić information content (AvgIpc) is 2.29. The van der Waals surface area contributed by atoms with Gasteiger partial charge in [0, 0.05) is 20.0 Å². The van der Waals surface area contributed by atoms with Gasteiger partial charge in [0.2, 0.25) is 0 Å². The lowest BCUT2D eigenvalue weighted by Gasteiger charge is -2.10. The molecule has 1 fully saturated rings. The maximum Gasteiger partial charge on any atom is 0.333 e. The zero-order valence-corrected chi connectivity index (χ0v) is 7.94. The lowest BCUT2D eigenvalue weighted by Crippen LogP contribution is -2.33. The van der Waals surface area contributed by atoms with Crippen molar-refractivity contribution in [3.63, 3.8) is 0 Å². The lowest BCUT2D eigenvalue weighted by molar-refractivity contribution is -0.142. The number of urea groups is 1. The van der Waals surface area contributed by atoms with Crippen molar-refractivity contribution in [2.45, 2.75) is 13.3 Å². The Hall–Kier alpha value is -1.72. The van der Waals surface area contributed by atoms with Crippen molar-refractivity contribution in [1.82, 2.24) is 9.80 Å². The molecule has 1 aliphatic heterocycles. The number of hydrogen-bond donors (Lipinski definition) is 0. The van der Waals surface area contributed by atoms with Crippen molar-refractivity contribution in [3.8, 4) is 0 Å². The molecule has 1 heterocycles. The molecule has 0 aliphatic carbocycles. The van der Waals surface area contributed by atoms with E-state index in [4.69, 9.17) is 0 Å². The van der Waals surface area contributed by atoms with E-state index >= 15 is 0 Å². The van der Waals surface area contributed by atoms with E-state index < -0.39 is 17.8 Å². The zero-order valence-electron chi connectivity index (χ0n) is 7.94. The fourth-order valence-electron chi connectivity index (χ4n) is 1.08. The smallest absolute Gasteiger partial charge is 0.300 e. The van der Waals surface area contributed by atoms with E-state index in [-0.39, 0.29) is 18.7 Å². The zero-order chi connectivity index (χ0) is 10.9. The minimum atomic E-state index is -0.862. The predicted molar refractivity (Wildman–Crippen MR) is 45.2 cm³/mol. The van der Waals surface area contributed by atoms with Crippen molar-refractivity contribution in [2.24, 2.45) is 0 Å². The van der Waals surface area contributed by atoms with E-state index in [1.54, 1.807) is 0 Å². The second-order valence-electron chi connectivity index (χ2n) is 3.06. The SMILES string of the molecule is CC(=O)CCN1C(=O)C(=O)N(C)C1=O. The van der Waals surface area contributed by atoms with Crippen LogP contribution in [0.1, 0.15) is 13.3 Å². The van der Waals surface area contributed by atoms with E-state index in [2.05, 4.69) is 0 Å². The van der Waals surface area contributed by atoms with Crippen LogP contribution in [-0.2, 0) is 14.4 Å². The van der Waals surface area contributed by atoms with E-state index in [0.29, 0.717) is 0 Å². The molecule has 76 valence electrons. The minimum absolute atomic E-state index is 0.0247. The Morgan fingerprint density at radius 1 is 1.21 bits per heavy atom. The number of imide groups is 2. The van der Waals surface area contributed by atoms with Gasteiger partial charge in [-0.05, 0) is 6.92 Å². The molecular weight excluding hydrogens is 188 g/mol. The highest BCUT2D eigenvalue weighted by molar-refractivity contribution is 6.44. The van der Waals surface area contributed by atoms with Gasteiger partial charge in [0.15, 0.2) is 0 Å².